The number of piperidine rings is 1. The summed E-state index contributed by atoms with van der Waals surface area (Å²) in [5, 5.41) is 2.09. The normalized spacial score (nSPS) is 19.8. The van der Waals surface area contributed by atoms with Crippen LogP contribution in [0.5, 0.6) is 0 Å². The second-order valence-electron chi connectivity index (χ2n) is 7.44. The van der Waals surface area contributed by atoms with Gasteiger partial charge in [-0.25, -0.2) is 4.98 Å². The van der Waals surface area contributed by atoms with Crippen molar-refractivity contribution in [1.82, 2.24) is 15.2 Å². The third-order valence-corrected chi connectivity index (χ3v) is 6.41. The zero-order chi connectivity index (χ0) is 22.6. The second kappa shape index (κ2) is 9.71. The van der Waals surface area contributed by atoms with E-state index in [9.17, 15) is 18.0 Å². The molecule has 3 rings (SSSR count). The molecule has 1 atom stereocenters. The van der Waals surface area contributed by atoms with Crippen molar-refractivity contribution in [3.63, 3.8) is 0 Å². The summed E-state index contributed by atoms with van der Waals surface area (Å²) in [6, 6.07) is 8.60. The molecule has 0 radical (unpaired) electrons. The molecule has 31 heavy (non-hydrogen) atoms. The number of hydrogen-bond donors (Lipinski definition) is 1. The van der Waals surface area contributed by atoms with Crippen LogP contribution in [0, 0.1) is 0 Å². The van der Waals surface area contributed by atoms with E-state index in [4.69, 9.17) is 11.6 Å². The Morgan fingerprint density at radius 1 is 1.35 bits per heavy atom. The number of hydrogen-bond acceptors (Lipinski definition) is 3. The lowest BCUT2D eigenvalue weighted by molar-refractivity contribution is -0.137. The van der Waals surface area contributed by atoms with E-state index in [1.54, 1.807) is 0 Å². The maximum Gasteiger partial charge on any atom is 0.417 e. The Morgan fingerprint density at radius 3 is 2.81 bits per heavy atom. The number of carbonyl (C=O) groups excluding carboxylic acids is 1. The van der Waals surface area contributed by atoms with Gasteiger partial charge in [-0.2, -0.15) is 13.2 Å². The van der Waals surface area contributed by atoms with Crippen molar-refractivity contribution in [2.45, 2.75) is 31.0 Å². The van der Waals surface area contributed by atoms with Crippen LogP contribution in [0.25, 0.3) is 0 Å². The Kier molecular flexibility index (Phi) is 7.44. The SMILES string of the molecule is C=CCN1CCCC[C@@]1(CNC(=O)c1nccc(C(F)(F)F)c1Cl)c1cccc(Br)c1. The largest absolute Gasteiger partial charge is 0.417 e. The Bertz CT molecular complexity index is 969. The Hall–Kier alpha value is -1.90. The number of aromatic nitrogens is 1. The van der Waals surface area contributed by atoms with Gasteiger partial charge in [-0.05, 0) is 49.6 Å². The third kappa shape index (κ3) is 5.13. The first kappa shape index (κ1) is 23.8. The molecule has 166 valence electrons. The minimum atomic E-state index is -4.67. The fraction of sp³-hybridized carbons (Fsp3) is 0.364. The number of pyridine rings is 1. The van der Waals surface area contributed by atoms with E-state index in [1.165, 1.54) is 0 Å². The predicted octanol–water partition coefficient (Wildman–Crippen LogP) is 5.81. The van der Waals surface area contributed by atoms with Crippen LogP contribution >= 0.6 is 27.5 Å². The molecule has 1 fully saturated rings. The fourth-order valence-corrected chi connectivity index (χ4v) is 4.76. The van der Waals surface area contributed by atoms with Gasteiger partial charge in [-0.1, -0.05) is 45.7 Å². The minimum Gasteiger partial charge on any atom is -0.348 e. The number of halogens is 5. The van der Waals surface area contributed by atoms with Gasteiger partial charge in [0, 0.05) is 23.8 Å². The number of alkyl halides is 3. The van der Waals surface area contributed by atoms with E-state index in [-0.39, 0.29) is 6.54 Å². The van der Waals surface area contributed by atoms with Crippen LogP contribution in [0.2, 0.25) is 5.02 Å². The smallest absolute Gasteiger partial charge is 0.348 e. The van der Waals surface area contributed by atoms with Gasteiger partial charge in [0.2, 0.25) is 0 Å². The van der Waals surface area contributed by atoms with Gasteiger partial charge in [0.1, 0.15) is 5.69 Å². The van der Waals surface area contributed by atoms with Crippen LogP contribution in [0.15, 0.2) is 53.7 Å². The van der Waals surface area contributed by atoms with Gasteiger partial charge >= 0.3 is 6.18 Å². The highest BCUT2D eigenvalue weighted by molar-refractivity contribution is 9.10. The highest BCUT2D eigenvalue weighted by Gasteiger charge is 2.41. The molecule has 1 N–H and O–H groups in total. The molecule has 0 spiro atoms. The molecule has 0 aliphatic carbocycles. The molecule has 9 heteroatoms. The molecule has 4 nitrogen and oxygen atoms in total. The lowest BCUT2D eigenvalue weighted by Crippen LogP contribution is -2.55. The summed E-state index contributed by atoms with van der Waals surface area (Å²) in [5.74, 6) is -0.741. The molecule has 0 unspecified atom stereocenters. The summed E-state index contributed by atoms with van der Waals surface area (Å²) >= 11 is 9.39. The highest BCUT2D eigenvalue weighted by Crippen LogP contribution is 2.39. The summed E-state index contributed by atoms with van der Waals surface area (Å²) < 4.78 is 40.4. The summed E-state index contributed by atoms with van der Waals surface area (Å²) in [6.45, 7) is 5.48. The molecular formula is C22H22BrClF3N3O. The van der Waals surface area contributed by atoms with Crippen molar-refractivity contribution in [2.75, 3.05) is 19.6 Å². The molecule has 1 aromatic heterocycles. The van der Waals surface area contributed by atoms with Crippen LogP contribution in [0.1, 0.15) is 40.9 Å². The number of benzene rings is 1. The van der Waals surface area contributed by atoms with Crippen molar-refractivity contribution in [3.05, 3.63) is 75.5 Å². The summed E-state index contributed by atoms with van der Waals surface area (Å²) in [4.78, 5) is 18.9. The summed E-state index contributed by atoms with van der Waals surface area (Å²) in [6.07, 6.45) is 0.832. The van der Waals surface area contributed by atoms with Gasteiger partial charge < -0.3 is 5.32 Å². The van der Waals surface area contributed by atoms with Crippen molar-refractivity contribution < 1.29 is 18.0 Å². The van der Waals surface area contributed by atoms with Gasteiger partial charge in [0.15, 0.2) is 0 Å². The van der Waals surface area contributed by atoms with E-state index in [2.05, 4.69) is 37.7 Å². The summed E-state index contributed by atoms with van der Waals surface area (Å²) in [5.41, 5.74) is -1.04. The molecule has 1 aromatic carbocycles. The van der Waals surface area contributed by atoms with E-state index < -0.39 is 33.9 Å². The minimum absolute atomic E-state index is 0.199. The number of likely N-dealkylation sites (tertiary alicyclic amines) is 1. The highest BCUT2D eigenvalue weighted by atomic mass is 79.9. The molecule has 1 saturated heterocycles. The van der Waals surface area contributed by atoms with Gasteiger partial charge in [0.05, 0.1) is 16.1 Å². The Balaban J connectivity index is 1.93. The first-order valence-electron chi connectivity index (χ1n) is 9.81. The van der Waals surface area contributed by atoms with E-state index in [0.717, 1.165) is 48.1 Å². The van der Waals surface area contributed by atoms with Crippen molar-refractivity contribution in [3.8, 4) is 0 Å². The van der Waals surface area contributed by atoms with Crippen LogP contribution in [0.3, 0.4) is 0 Å². The van der Waals surface area contributed by atoms with Crippen LogP contribution in [-0.4, -0.2) is 35.4 Å². The van der Waals surface area contributed by atoms with Crippen molar-refractivity contribution >= 4 is 33.4 Å². The average Bonchev–Trinajstić information content (AvgIpc) is 2.72. The summed E-state index contributed by atoms with van der Waals surface area (Å²) in [7, 11) is 0. The molecule has 2 aromatic rings. The Morgan fingerprint density at radius 2 is 2.13 bits per heavy atom. The number of nitrogens with one attached hydrogen (secondary N) is 1. The first-order valence-corrected chi connectivity index (χ1v) is 11.0. The first-order chi connectivity index (χ1) is 14.7. The lowest BCUT2D eigenvalue weighted by Gasteiger charge is -2.47. The number of carbonyl (C=O) groups is 1. The van der Waals surface area contributed by atoms with E-state index in [1.807, 2.05) is 30.3 Å². The predicted molar refractivity (Wildman–Crippen MR) is 118 cm³/mol. The van der Waals surface area contributed by atoms with Crippen LogP contribution in [-0.2, 0) is 11.7 Å². The zero-order valence-corrected chi connectivity index (χ0v) is 19.0. The lowest BCUT2D eigenvalue weighted by atomic mass is 9.80. The number of rotatable bonds is 6. The topological polar surface area (TPSA) is 45.2 Å². The molecule has 0 saturated carbocycles. The Labute approximate surface area is 192 Å². The standard InChI is InChI=1S/C22H22BrClF3N3O/c1-2-11-30-12-4-3-9-21(30,15-6-5-7-16(23)13-15)14-29-20(31)19-18(24)17(8-10-28-19)22(25,26)27/h2,5-8,10,13H,1,3-4,9,11-12,14H2,(H,29,31)/t21-/m1/s1. The molecule has 0 bridgehead atoms. The second-order valence-corrected chi connectivity index (χ2v) is 8.73. The average molecular weight is 517 g/mol. The van der Waals surface area contributed by atoms with Crippen molar-refractivity contribution in [1.29, 1.82) is 0 Å². The van der Waals surface area contributed by atoms with Crippen LogP contribution in [0.4, 0.5) is 13.2 Å². The maximum atomic E-state index is 13.2. The quantitative estimate of drug-likeness (QED) is 0.493. The van der Waals surface area contributed by atoms with Gasteiger partial charge in [-0.3, -0.25) is 9.69 Å². The third-order valence-electron chi connectivity index (χ3n) is 5.54. The van der Waals surface area contributed by atoms with E-state index in [0.29, 0.717) is 6.54 Å². The molecule has 1 aliphatic rings. The molecule has 1 aliphatic heterocycles. The van der Waals surface area contributed by atoms with Crippen LogP contribution < -0.4 is 5.32 Å². The monoisotopic (exact) mass is 515 g/mol. The number of amides is 1. The molecule has 1 amide bonds. The maximum absolute atomic E-state index is 13.2. The fourth-order valence-electron chi connectivity index (χ4n) is 4.05. The molecular weight excluding hydrogens is 495 g/mol. The van der Waals surface area contributed by atoms with Crippen molar-refractivity contribution in [2.24, 2.45) is 0 Å². The van der Waals surface area contributed by atoms with E-state index >= 15 is 0 Å². The number of nitrogens with zero attached hydrogens (tertiary/aromatic N) is 2. The van der Waals surface area contributed by atoms with Gasteiger partial charge in [0.25, 0.3) is 5.91 Å². The zero-order valence-electron chi connectivity index (χ0n) is 16.7. The van der Waals surface area contributed by atoms with Gasteiger partial charge in [-0.15, -0.1) is 6.58 Å². The molecule has 2 heterocycles.